The predicted octanol–water partition coefficient (Wildman–Crippen LogP) is 0.104. The lowest BCUT2D eigenvalue weighted by Gasteiger charge is -2.35. The molecule has 4 rings (SSSR count). The van der Waals surface area contributed by atoms with Crippen molar-refractivity contribution in [3.8, 4) is 0 Å². The minimum atomic E-state index is -0.368. The molecule has 0 aliphatic carbocycles. The lowest BCUT2D eigenvalue weighted by atomic mass is 10.2. The molecule has 146 valence electrons. The first kappa shape index (κ1) is 18.0. The Kier molecular flexibility index (Phi) is 4.23. The Morgan fingerprint density at radius 3 is 2.44 bits per heavy atom. The van der Waals surface area contributed by atoms with E-state index in [4.69, 9.17) is 4.74 Å². The fourth-order valence-electron chi connectivity index (χ4n) is 4.11. The van der Waals surface area contributed by atoms with Crippen molar-refractivity contribution in [1.82, 2.24) is 28.0 Å². The van der Waals surface area contributed by atoms with Gasteiger partial charge in [0, 0.05) is 52.2 Å². The average molecular weight is 374 g/mol. The predicted molar refractivity (Wildman–Crippen MR) is 102 cm³/mol. The van der Waals surface area contributed by atoms with Crippen molar-refractivity contribution in [2.45, 2.75) is 39.5 Å². The van der Waals surface area contributed by atoms with Crippen LogP contribution in [0.5, 0.6) is 0 Å². The first-order valence-corrected chi connectivity index (χ1v) is 9.29. The second kappa shape index (κ2) is 6.35. The van der Waals surface area contributed by atoms with Gasteiger partial charge in [0.25, 0.3) is 5.56 Å². The minimum absolute atomic E-state index is 0.228. The molecular weight excluding hydrogens is 348 g/mol. The van der Waals surface area contributed by atoms with Crippen molar-refractivity contribution in [2.75, 3.05) is 19.6 Å². The van der Waals surface area contributed by atoms with Crippen molar-refractivity contribution in [1.29, 1.82) is 0 Å². The van der Waals surface area contributed by atoms with Crippen molar-refractivity contribution in [2.24, 2.45) is 14.1 Å². The molecule has 0 N–H and O–H groups in total. The van der Waals surface area contributed by atoms with Crippen molar-refractivity contribution >= 4 is 16.9 Å². The number of ether oxygens (including phenoxy) is 1. The molecule has 0 radical (unpaired) electrons. The molecule has 4 heterocycles. The molecule has 27 heavy (non-hydrogen) atoms. The zero-order chi connectivity index (χ0) is 19.5. The third-order valence-electron chi connectivity index (χ3n) is 5.39. The number of morpholine rings is 1. The summed E-state index contributed by atoms with van der Waals surface area (Å²) in [6.45, 7) is 9.66. The summed E-state index contributed by atoms with van der Waals surface area (Å²) in [4.78, 5) is 31.9. The molecule has 9 nitrogen and oxygen atoms in total. The zero-order valence-corrected chi connectivity index (χ0v) is 16.5. The molecule has 0 spiro atoms. The van der Waals surface area contributed by atoms with E-state index in [2.05, 4.69) is 28.3 Å². The number of aryl methyl sites for hydroxylation is 2. The summed E-state index contributed by atoms with van der Waals surface area (Å²) in [7, 11) is 3.14. The summed E-state index contributed by atoms with van der Waals surface area (Å²) in [6.07, 6.45) is 2.37. The van der Waals surface area contributed by atoms with Crippen LogP contribution in [0.3, 0.4) is 0 Å². The van der Waals surface area contributed by atoms with Gasteiger partial charge < -0.3 is 9.30 Å². The van der Waals surface area contributed by atoms with Crippen LogP contribution in [0.2, 0.25) is 0 Å². The Hall–Kier alpha value is -2.39. The molecule has 1 aliphatic rings. The molecular formula is C18H26N6O3. The Morgan fingerprint density at radius 1 is 1.11 bits per heavy atom. The van der Waals surface area contributed by atoms with E-state index in [1.54, 1.807) is 11.4 Å². The number of nitrogens with zero attached hydrogens (tertiary/aromatic N) is 6. The highest BCUT2D eigenvalue weighted by Crippen LogP contribution is 2.17. The summed E-state index contributed by atoms with van der Waals surface area (Å²) in [5.41, 5.74) is 1.19. The molecule has 1 saturated heterocycles. The van der Waals surface area contributed by atoms with Crippen LogP contribution in [0.25, 0.3) is 16.9 Å². The fraction of sp³-hybridized carbons (Fsp3) is 0.611. The Labute approximate surface area is 156 Å². The van der Waals surface area contributed by atoms with Gasteiger partial charge in [-0.25, -0.2) is 4.79 Å². The number of hydrogen-bond donors (Lipinski definition) is 0. The summed E-state index contributed by atoms with van der Waals surface area (Å²) in [6, 6.07) is 0. The van der Waals surface area contributed by atoms with Crippen molar-refractivity contribution < 1.29 is 4.74 Å². The van der Waals surface area contributed by atoms with E-state index in [1.807, 2.05) is 13.1 Å². The van der Waals surface area contributed by atoms with Crippen LogP contribution in [0.15, 0.2) is 15.8 Å². The van der Waals surface area contributed by atoms with Crippen LogP contribution in [0, 0.1) is 6.92 Å². The van der Waals surface area contributed by atoms with Gasteiger partial charge in [-0.3, -0.25) is 23.2 Å². The standard InChI is InChI=1S/C18H26N6O3/c1-11-8-24-14-15(20(4)18(26)21(5)16(14)25)19-17(24)23(11)7-6-22-9-12(2)27-13(3)10-22/h8,12-13H,6-7,9-10H2,1-5H3. The van der Waals surface area contributed by atoms with E-state index < -0.39 is 0 Å². The molecule has 2 atom stereocenters. The molecule has 1 aliphatic heterocycles. The van der Waals surface area contributed by atoms with Gasteiger partial charge >= 0.3 is 5.69 Å². The fourth-order valence-corrected chi connectivity index (χ4v) is 4.11. The molecule has 0 aromatic carbocycles. The van der Waals surface area contributed by atoms with Crippen LogP contribution in [0.1, 0.15) is 19.5 Å². The van der Waals surface area contributed by atoms with E-state index in [0.717, 1.165) is 36.4 Å². The van der Waals surface area contributed by atoms with Gasteiger partial charge in [0.15, 0.2) is 11.2 Å². The first-order chi connectivity index (χ1) is 12.8. The molecule has 0 bridgehead atoms. The van der Waals surface area contributed by atoms with Gasteiger partial charge in [0.2, 0.25) is 5.78 Å². The van der Waals surface area contributed by atoms with E-state index in [-0.39, 0.29) is 23.5 Å². The molecule has 2 unspecified atom stereocenters. The van der Waals surface area contributed by atoms with Gasteiger partial charge in [0.05, 0.1) is 12.2 Å². The van der Waals surface area contributed by atoms with Gasteiger partial charge in [0.1, 0.15) is 0 Å². The van der Waals surface area contributed by atoms with E-state index in [9.17, 15) is 9.59 Å². The van der Waals surface area contributed by atoms with E-state index in [1.165, 1.54) is 11.6 Å². The minimum Gasteiger partial charge on any atom is -0.373 e. The Morgan fingerprint density at radius 2 is 1.78 bits per heavy atom. The van der Waals surface area contributed by atoms with Crippen LogP contribution >= 0.6 is 0 Å². The first-order valence-electron chi connectivity index (χ1n) is 9.29. The van der Waals surface area contributed by atoms with Gasteiger partial charge in [-0.1, -0.05) is 0 Å². The summed E-state index contributed by atoms with van der Waals surface area (Å²) >= 11 is 0. The van der Waals surface area contributed by atoms with Gasteiger partial charge in [-0.2, -0.15) is 4.98 Å². The highest BCUT2D eigenvalue weighted by Gasteiger charge is 2.23. The van der Waals surface area contributed by atoms with Crippen LogP contribution in [0.4, 0.5) is 0 Å². The second-order valence-electron chi connectivity index (χ2n) is 7.60. The topological polar surface area (TPSA) is 78.7 Å². The van der Waals surface area contributed by atoms with Crippen molar-refractivity contribution in [3.05, 3.63) is 32.7 Å². The number of fused-ring (bicyclic) bond motifs is 3. The molecule has 3 aromatic rings. The Bertz CT molecular complexity index is 1120. The normalized spacial score (nSPS) is 21.5. The van der Waals surface area contributed by atoms with Gasteiger partial charge in [-0.05, 0) is 20.8 Å². The lowest BCUT2D eigenvalue weighted by Crippen LogP contribution is -2.46. The summed E-state index contributed by atoms with van der Waals surface area (Å²) in [5, 5.41) is 0. The number of rotatable bonds is 3. The van der Waals surface area contributed by atoms with Crippen LogP contribution in [-0.4, -0.2) is 59.8 Å². The van der Waals surface area contributed by atoms with E-state index >= 15 is 0 Å². The molecule has 9 heteroatoms. The largest absolute Gasteiger partial charge is 0.373 e. The number of imidazole rings is 2. The molecule has 3 aromatic heterocycles. The molecule has 1 fully saturated rings. The number of aromatic nitrogens is 5. The third-order valence-corrected chi connectivity index (χ3v) is 5.39. The third kappa shape index (κ3) is 2.81. The van der Waals surface area contributed by atoms with Crippen molar-refractivity contribution in [3.63, 3.8) is 0 Å². The van der Waals surface area contributed by atoms with Gasteiger partial charge in [-0.15, -0.1) is 0 Å². The highest BCUT2D eigenvalue weighted by atomic mass is 16.5. The SMILES string of the molecule is Cc1cn2c3c(=O)n(C)c(=O)n(C)c3nc2n1CCN1CC(C)OC(C)C1. The zero-order valence-electron chi connectivity index (χ0n) is 16.5. The average Bonchev–Trinajstić information content (AvgIpc) is 3.10. The lowest BCUT2D eigenvalue weighted by molar-refractivity contribution is -0.0685. The molecule has 0 amide bonds. The highest BCUT2D eigenvalue weighted by molar-refractivity contribution is 5.75. The Balaban J connectivity index is 1.75. The number of hydrogen-bond acceptors (Lipinski definition) is 5. The van der Waals surface area contributed by atoms with Crippen LogP contribution < -0.4 is 11.2 Å². The summed E-state index contributed by atoms with van der Waals surface area (Å²) < 4.78 is 12.3. The van der Waals surface area contributed by atoms with Crippen LogP contribution in [-0.2, 0) is 25.4 Å². The maximum absolute atomic E-state index is 12.6. The maximum atomic E-state index is 12.6. The maximum Gasteiger partial charge on any atom is 0.332 e. The monoisotopic (exact) mass is 374 g/mol. The smallest absolute Gasteiger partial charge is 0.332 e. The summed E-state index contributed by atoms with van der Waals surface area (Å²) in [5.74, 6) is 0.690. The molecule has 0 saturated carbocycles. The second-order valence-corrected chi connectivity index (χ2v) is 7.60. The quantitative estimate of drug-likeness (QED) is 0.650. The van der Waals surface area contributed by atoms with E-state index in [0.29, 0.717) is 16.9 Å².